The topological polar surface area (TPSA) is 45.7 Å². The SMILES string of the molecule is CN=C(NCCc1ccc2c(c1)CCO2)NC(C)C(C)C.I. The van der Waals surface area contributed by atoms with Crippen LogP contribution in [0.3, 0.4) is 0 Å². The first-order chi connectivity index (χ1) is 10.1. The maximum atomic E-state index is 5.53. The highest BCUT2D eigenvalue weighted by molar-refractivity contribution is 14.0. The lowest BCUT2D eigenvalue weighted by Crippen LogP contribution is -2.44. The number of rotatable bonds is 5. The van der Waals surface area contributed by atoms with Crippen LogP contribution >= 0.6 is 24.0 Å². The molecule has 1 aromatic rings. The molecule has 0 radical (unpaired) electrons. The van der Waals surface area contributed by atoms with Crippen molar-refractivity contribution in [1.82, 2.24) is 10.6 Å². The van der Waals surface area contributed by atoms with Gasteiger partial charge in [0.15, 0.2) is 5.96 Å². The molecule has 0 aromatic heterocycles. The highest BCUT2D eigenvalue weighted by Gasteiger charge is 2.12. The van der Waals surface area contributed by atoms with Crippen molar-refractivity contribution in [3.8, 4) is 5.75 Å². The van der Waals surface area contributed by atoms with Crippen LogP contribution in [0.2, 0.25) is 0 Å². The normalized spacial score (nSPS) is 14.9. The lowest BCUT2D eigenvalue weighted by Gasteiger charge is -2.20. The zero-order valence-electron chi connectivity index (χ0n) is 14.0. The van der Waals surface area contributed by atoms with Crippen molar-refractivity contribution in [2.24, 2.45) is 10.9 Å². The Morgan fingerprint density at radius 1 is 1.32 bits per heavy atom. The molecule has 5 heteroatoms. The molecule has 0 bridgehead atoms. The third-order valence-electron chi connectivity index (χ3n) is 4.05. The number of benzene rings is 1. The fraction of sp³-hybridized carbons (Fsp3) is 0.588. The van der Waals surface area contributed by atoms with Gasteiger partial charge in [-0.05, 0) is 36.5 Å². The van der Waals surface area contributed by atoms with E-state index in [-0.39, 0.29) is 24.0 Å². The minimum Gasteiger partial charge on any atom is -0.493 e. The van der Waals surface area contributed by atoms with E-state index in [2.05, 4.69) is 54.6 Å². The van der Waals surface area contributed by atoms with Gasteiger partial charge in [0.2, 0.25) is 0 Å². The number of aliphatic imine (C=N–C) groups is 1. The summed E-state index contributed by atoms with van der Waals surface area (Å²) in [5, 5.41) is 6.79. The predicted octanol–water partition coefficient (Wildman–Crippen LogP) is 2.99. The monoisotopic (exact) mass is 417 g/mol. The summed E-state index contributed by atoms with van der Waals surface area (Å²) in [6.07, 6.45) is 2.02. The summed E-state index contributed by atoms with van der Waals surface area (Å²) in [6, 6.07) is 6.91. The van der Waals surface area contributed by atoms with Gasteiger partial charge in [-0.1, -0.05) is 26.0 Å². The fourth-order valence-corrected chi connectivity index (χ4v) is 2.30. The summed E-state index contributed by atoms with van der Waals surface area (Å²) in [7, 11) is 1.81. The van der Waals surface area contributed by atoms with Gasteiger partial charge in [-0.15, -0.1) is 24.0 Å². The van der Waals surface area contributed by atoms with Crippen LogP contribution in [0.25, 0.3) is 0 Å². The zero-order valence-corrected chi connectivity index (χ0v) is 16.3. The lowest BCUT2D eigenvalue weighted by atomic mass is 10.1. The van der Waals surface area contributed by atoms with E-state index >= 15 is 0 Å². The molecule has 124 valence electrons. The molecule has 0 spiro atoms. The predicted molar refractivity (Wildman–Crippen MR) is 104 cm³/mol. The van der Waals surface area contributed by atoms with E-state index in [1.54, 1.807) is 0 Å². The van der Waals surface area contributed by atoms with Crippen LogP contribution in [0.4, 0.5) is 0 Å². The molecule has 0 fully saturated rings. The number of fused-ring (bicyclic) bond motifs is 1. The van der Waals surface area contributed by atoms with Gasteiger partial charge in [0.1, 0.15) is 5.75 Å². The highest BCUT2D eigenvalue weighted by Crippen LogP contribution is 2.25. The van der Waals surface area contributed by atoms with E-state index in [0.29, 0.717) is 12.0 Å². The first-order valence-electron chi connectivity index (χ1n) is 7.82. The Bertz CT molecular complexity index is 503. The minimum absolute atomic E-state index is 0. The molecule has 0 saturated carbocycles. The second kappa shape index (κ2) is 9.22. The Kier molecular flexibility index (Phi) is 8.00. The van der Waals surface area contributed by atoms with Gasteiger partial charge >= 0.3 is 0 Å². The van der Waals surface area contributed by atoms with Crippen molar-refractivity contribution >= 4 is 29.9 Å². The van der Waals surface area contributed by atoms with Crippen LogP contribution < -0.4 is 15.4 Å². The van der Waals surface area contributed by atoms with E-state index in [0.717, 1.165) is 37.7 Å². The molecule has 1 aliphatic heterocycles. The molecule has 1 heterocycles. The number of halogens is 1. The molecule has 0 aliphatic carbocycles. The van der Waals surface area contributed by atoms with E-state index in [1.807, 2.05) is 7.05 Å². The second-order valence-corrected chi connectivity index (χ2v) is 5.97. The van der Waals surface area contributed by atoms with Crippen molar-refractivity contribution in [1.29, 1.82) is 0 Å². The van der Waals surface area contributed by atoms with Gasteiger partial charge in [-0.2, -0.15) is 0 Å². The first kappa shape index (κ1) is 19.1. The van der Waals surface area contributed by atoms with Crippen LogP contribution in [-0.4, -0.2) is 32.2 Å². The number of guanidine groups is 1. The van der Waals surface area contributed by atoms with Gasteiger partial charge in [0.05, 0.1) is 6.61 Å². The quantitative estimate of drug-likeness (QED) is 0.440. The smallest absolute Gasteiger partial charge is 0.191 e. The average molecular weight is 417 g/mol. The molecule has 22 heavy (non-hydrogen) atoms. The van der Waals surface area contributed by atoms with Crippen molar-refractivity contribution in [2.45, 2.75) is 39.7 Å². The highest BCUT2D eigenvalue weighted by atomic mass is 127. The molecule has 2 rings (SSSR count). The van der Waals surface area contributed by atoms with Gasteiger partial charge in [-0.25, -0.2) is 0 Å². The molecule has 0 amide bonds. The maximum Gasteiger partial charge on any atom is 0.191 e. The van der Waals surface area contributed by atoms with Crippen molar-refractivity contribution in [3.63, 3.8) is 0 Å². The third kappa shape index (κ3) is 5.34. The van der Waals surface area contributed by atoms with Crippen LogP contribution in [0.1, 0.15) is 31.9 Å². The van der Waals surface area contributed by atoms with Crippen LogP contribution in [-0.2, 0) is 12.8 Å². The summed E-state index contributed by atoms with van der Waals surface area (Å²) < 4.78 is 5.53. The Morgan fingerprint density at radius 2 is 2.09 bits per heavy atom. The van der Waals surface area contributed by atoms with Gasteiger partial charge in [0.25, 0.3) is 0 Å². The van der Waals surface area contributed by atoms with E-state index < -0.39 is 0 Å². The molecule has 1 aromatic carbocycles. The lowest BCUT2D eigenvalue weighted by molar-refractivity contribution is 0.357. The molecule has 1 atom stereocenters. The fourth-order valence-electron chi connectivity index (χ4n) is 2.30. The number of hydrogen-bond donors (Lipinski definition) is 2. The molecule has 0 saturated heterocycles. The summed E-state index contributed by atoms with van der Waals surface area (Å²) in [5.41, 5.74) is 2.68. The number of nitrogens with one attached hydrogen (secondary N) is 2. The standard InChI is InChI=1S/C17H27N3O.HI/c1-12(2)13(3)20-17(18-4)19-9-7-14-5-6-16-15(11-14)8-10-21-16;/h5-6,11-13H,7-10H2,1-4H3,(H2,18,19,20);1H. The van der Waals surface area contributed by atoms with Crippen molar-refractivity contribution in [2.75, 3.05) is 20.2 Å². The van der Waals surface area contributed by atoms with E-state index in [1.165, 1.54) is 11.1 Å². The number of hydrogen-bond acceptors (Lipinski definition) is 2. The van der Waals surface area contributed by atoms with Crippen molar-refractivity contribution < 1.29 is 4.74 Å². The second-order valence-electron chi connectivity index (χ2n) is 5.97. The Balaban J connectivity index is 0.00000242. The third-order valence-corrected chi connectivity index (χ3v) is 4.05. The van der Waals surface area contributed by atoms with Gasteiger partial charge in [0, 0.05) is 26.1 Å². The minimum atomic E-state index is 0. The van der Waals surface area contributed by atoms with Crippen LogP contribution in [0.5, 0.6) is 5.75 Å². The maximum absolute atomic E-state index is 5.53. The van der Waals surface area contributed by atoms with Gasteiger partial charge < -0.3 is 15.4 Å². The first-order valence-corrected chi connectivity index (χ1v) is 7.82. The molecule has 2 N–H and O–H groups in total. The van der Waals surface area contributed by atoms with E-state index in [4.69, 9.17) is 4.74 Å². The average Bonchev–Trinajstić information content (AvgIpc) is 2.93. The molecule has 1 aliphatic rings. The summed E-state index contributed by atoms with van der Waals surface area (Å²) in [5.74, 6) is 2.51. The number of ether oxygens (including phenoxy) is 1. The summed E-state index contributed by atoms with van der Waals surface area (Å²) >= 11 is 0. The Hall–Kier alpha value is -0.980. The molecular formula is C17H28IN3O. The number of nitrogens with zero attached hydrogens (tertiary/aromatic N) is 1. The molecule has 4 nitrogen and oxygen atoms in total. The Labute approximate surface area is 151 Å². The summed E-state index contributed by atoms with van der Waals surface area (Å²) in [6.45, 7) is 8.29. The van der Waals surface area contributed by atoms with Crippen LogP contribution in [0.15, 0.2) is 23.2 Å². The van der Waals surface area contributed by atoms with E-state index in [9.17, 15) is 0 Å². The summed E-state index contributed by atoms with van der Waals surface area (Å²) in [4.78, 5) is 4.27. The molecule has 1 unspecified atom stereocenters. The zero-order chi connectivity index (χ0) is 15.2. The largest absolute Gasteiger partial charge is 0.493 e. The Morgan fingerprint density at radius 3 is 2.77 bits per heavy atom. The van der Waals surface area contributed by atoms with Crippen LogP contribution in [0, 0.1) is 5.92 Å². The van der Waals surface area contributed by atoms with Gasteiger partial charge in [-0.3, -0.25) is 4.99 Å². The van der Waals surface area contributed by atoms with Crippen molar-refractivity contribution in [3.05, 3.63) is 29.3 Å². The molecular weight excluding hydrogens is 389 g/mol.